The van der Waals surface area contributed by atoms with Gasteiger partial charge in [-0.2, -0.15) is 0 Å². The fourth-order valence-corrected chi connectivity index (χ4v) is 5.12. The van der Waals surface area contributed by atoms with Gasteiger partial charge in [0.25, 0.3) is 0 Å². The van der Waals surface area contributed by atoms with Crippen molar-refractivity contribution in [3.8, 4) is 11.5 Å². The maximum atomic E-state index is 5.96. The molecule has 0 aliphatic carbocycles. The quantitative estimate of drug-likeness (QED) is 0.340. The molecule has 2 aliphatic heterocycles. The highest BCUT2D eigenvalue weighted by Gasteiger charge is 2.10. The summed E-state index contributed by atoms with van der Waals surface area (Å²) >= 11 is 0. The Morgan fingerprint density at radius 3 is 1.26 bits per heavy atom. The third kappa shape index (κ3) is 8.96. The molecule has 0 aromatic heterocycles. The number of nitrogens with zero attached hydrogens (tertiary/aromatic N) is 2. The van der Waals surface area contributed by atoms with E-state index in [2.05, 4.69) is 58.3 Å². The number of rotatable bonds is 13. The van der Waals surface area contributed by atoms with Crippen molar-refractivity contribution in [3.05, 3.63) is 59.7 Å². The van der Waals surface area contributed by atoms with Crippen molar-refractivity contribution in [1.82, 2.24) is 9.80 Å². The summed E-state index contributed by atoms with van der Waals surface area (Å²) in [4.78, 5) is 5.15. The zero-order valence-electron chi connectivity index (χ0n) is 21.1. The Hall–Kier alpha value is -2.04. The predicted octanol–water partition coefficient (Wildman–Crippen LogP) is 5.98. The minimum Gasteiger partial charge on any atom is -0.494 e. The molecule has 0 atom stereocenters. The molecule has 0 spiro atoms. The number of piperidine rings is 2. The standard InChI is InChI=1S/C30H44N2O2/c1-3-19-31(20-4-1)23-7-25-33-29-15-11-27(12-16-29)9-10-28-13-17-30(18-14-28)34-26-8-24-32-21-5-2-6-22-32/h11-18H,1-10,19-26H2. The van der Waals surface area contributed by atoms with Gasteiger partial charge in [-0.25, -0.2) is 0 Å². The summed E-state index contributed by atoms with van der Waals surface area (Å²) in [6, 6.07) is 17.3. The lowest BCUT2D eigenvalue weighted by molar-refractivity contribution is 0.205. The Kier molecular flexibility index (Phi) is 10.6. The van der Waals surface area contributed by atoms with Gasteiger partial charge in [0.2, 0.25) is 0 Å². The van der Waals surface area contributed by atoms with Crippen molar-refractivity contribution in [2.24, 2.45) is 0 Å². The summed E-state index contributed by atoms with van der Waals surface area (Å²) in [6.45, 7) is 9.02. The van der Waals surface area contributed by atoms with Gasteiger partial charge < -0.3 is 19.3 Å². The lowest BCUT2D eigenvalue weighted by Crippen LogP contribution is -2.31. The molecular weight excluding hydrogens is 420 g/mol. The first-order chi connectivity index (χ1) is 16.8. The van der Waals surface area contributed by atoms with E-state index in [9.17, 15) is 0 Å². The van der Waals surface area contributed by atoms with Crippen molar-refractivity contribution >= 4 is 0 Å². The minimum atomic E-state index is 0.808. The molecule has 2 heterocycles. The van der Waals surface area contributed by atoms with Crippen LogP contribution in [-0.4, -0.2) is 62.3 Å². The number of hydrogen-bond acceptors (Lipinski definition) is 4. The molecule has 34 heavy (non-hydrogen) atoms. The monoisotopic (exact) mass is 464 g/mol. The van der Waals surface area contributed by atoms with Crippen molar-refractivity contribution in [1.29, 1.82) is 0 Å². The summed E-state index contributed by atoms with van der Waals surface area (Å²) in [5.74, 6) is 1.98. The third-order valence-electron chi connectivity index (χ3n) is 7.22. The topological polar surface area (TPSA) is 24.9 Å². The Morgan fingerprint density at radius 2 is 0.882 bits per heavy atom. The Morgan fingerprint density at radius 1 is 0.500 bits per heavy atom. The van der Waals surface area contributed by atoms with Crippen LogP contribution >= 0.6 is 0 Å². The largest absolute Gasteiger partial charge is 0.494 e. The second kappa shape index (κ2) is 14.4. The molecule has 4 nitrogen and oxygen atoms in total. The summed E-state index contributed by atoms with van der Waals surface area (Å²) < 4.78 is 11.9. The van der Waals surface area contributed by atoms with E-state index in [1.165, 1.54) is 88.9 Å². The summed E-state index contributed by atoms with van der Waals surface area (Å²) in [5, 5.41) is 0. The maximum absolute atomic E-state index is 5.96. The highest BCUT2D eigenvalue weighted by molar-refractivity contribution is 5.30. The number of aryl methyl sites for hydroxylation is 2. The molecule has 2 aromatic carbocycles. The Bertz CT molecular complexity index is 724. The van der Waals surface area contributed by atoms with Crippen LogP contribution in [0.4, 0.5) is 0 Å². The highest BCUT2D eigenvalue weighted by Crippen LogP contribution is 2.17. The lowest BCUT2D eigenvalue weighted by Gasteiger charge is -2.26. The Balaban J connectivity index is 1.08. The molecular formula is C30H44N2O2. The minimum absolute atomic E-state index is 0.808. The van der Waals surface area contributed by atoms with Gasteiger partial charge in [-0.1, -0.05) is 37.1 Å². The van der Waals surface area contributed by atoms with Gasteiger partial charge in [0.15, 0.2) is 0 Å². The van der Waals surface area contributed by atoms with Crippen LogP contribution in [0.1, 0.15) is 62.5 Å². The molecule has 0 N–H and O–H groups in total. The van der Waals surface area contributed by atoms with E-state index in [1.54, 1.807) is 0 Å². The van der Waals surface area contributed by atoms with E-state index < -0.39 is 0 Å². The van der Waals surface area contributed by atoms with Crippen LogP contribution in [0, 0.1) is 0 Å². The number of likely N-dealkylation sites (tertiary alicyclic amines) is 2. The van der Waals surface area contributed by atoms with E-state index in [0.717, 1.165) is 50.4 Å². The van der Waals surface area contributed by atoms with Crippen molar-refractivity contribution in [2.75, 3.05) is 52.5 Å². The van der Waals surface area contributed by atoms with Gasteiger partial charge in [-0.3, -0.25) is 0 Å². The van der Waals surface area contributed by atoms with E-state index in [0.29, 0.717) is 0 Å². The molecule has 2 saturated heterocycles. The van der Waals surface area contributed by atoms with Crippen LogP contribution in [0.25, 0.3) is 0 Å². The zero-order chi connectivity index (χ0) is 23.3. The number of hydrogen-bond donors (Lipinski definition) is 0. The molecule has 0 unspecified atom stereocenters. The van der Waals surface area contributed by atoms with Crippen LogP contribution < -0.4 is 9.47 Å². The zero-order valence-corrected chi connectivity index (χ0v) is 21.1. The average Bonchev–Trinajstić information content (AvgIpc) is 2.90. The van der Waals surface area contributed by atoms with E-state index >= 15 is 0 Å². The summed E-state index contributed by atoms with van der Waals surface area (Å²) in [6.07, 6.45) is 12.6. The first-order valence-corrected chi connectivity index (χ1v) is 13.7. The van der Waals surface area contributed by atoms with E-state index in [-0.39, 0.29) is 0 Å². The smallest absolute Gasteiger partial charge is 0.119 e. The molecule has 0 radical (unpaired) electrons. The predicted molar refractivity (Wildman–Crippen MR) is 141 cm³/mol. The molecule has 4 rings (SSSR count). The van der Waals surface area contributed by atoms with Crippen molar-refractivity contribution < 1.29 is 9.47 Å². The normalized spacial score (nSPS) is 17.5. The number of benzene rings is 2. The second-order valence-corrected chi connectivity index (χ2v) is 10.00. The average molecular weight is 465 g/mol. The molecule has 0 bridgehead atoms. The van der Waals surface area contributed by atoms with Gasteiger partial charge >= 0.3 is 0 Å². The van der Waals surface area contributed by atoms with Crippen LogP contribution in [0.2, 0.25) is 0 Å². The molecule has 2 aliphatic rings. The molecule has 186 valence electrons. The second-order valence-electron chi connectivity index (χ2n) is 10.00. The molecule has 2 fully saturated rings. The van der Waals surface area contributed by atoms with Crippen LogP contribution in [0.5, 0.6) is 11.5 Å². The summed E-state index contributed by atoms with van der Waals surface area (Å²) in [7, 11) is 0. The lowest BCUT2D eigenvalue weighted by atomic mass is 10.0. The van der Waals surface area contributed by atoms with Crippen LogP contribution in [0.3, 0.4) is 0 Å². The van der Waals surface area contributed by atoms with Gasteiger partial charge in [-0.15, -0.1) is 0 Å². The van der Waals surface area contributed by atoms with E-state index in [1.807, 2.05) is 0 Å². The van der Waals surface area contributed by atoms with Gasteiger partial charge in [0.05, 0.1) is 13.2 Å². The van der Waals surface area contributed by atoms with E-state index in [4.69, 9.17) is 9.47 Å². The fourth-order valence-electron chi connectivity index (χ4n) is 5.12. The maximum Gasteiger partial charge on any atom is 0.119 e. The molecule has 0 amide bonds. The van der Waals surface area contributed by atoms with Gasteiger partial charge in [0, 0.05) is 13.1 Å². The van der Waals surface area contributed by atoms with Crippen molar-refractivity contribution in [2.45, 2.75) is 64.2 Å². The SMILES string of the molecule is c1cc(OCCCN2CCCCC2)ccc1CCc1ccc(OCCCN2CCCCC2)cc1. The fraction of sp³-hybridized carbons (Fsp3) is 0.600. The van der Waals surface area contributed by atoms with Crippen molar-refractivity contribution in [3.63, 3.8) is 0 Å². The number of ether oxygens (including phenoxy) is 2. The van der Waals surface area contributed by atoms with Crippen LogP contribution in [-0.2, 0) is 12.8 Å². The highest BCUT2D eigenvalue weighted by atomic mass is 16.5. The molecule has 4 heteroatoms. The van der Waals surface area contributed by atoms with Crippen LogP contribution in [0.15, 0.2) is 48.5 Å². The third-order valence-corrected chi connectivity index (χ3v) is 7.22. The van der Waals surface area contributed by atoms with Gasteiger partial charge in [-0.05, 0) is 113 Å². The summed E-state index contributed by atoms with van der Waals surface area (Å²) in [5.41, 5.74) is 2.72. The molecule has 0 saturated carbocycles. The van der Waals surface area contributed by atoms with Gasteiger partial charge in [0.1, 0.15) is 11.5 Å². The molecule has 2 aromatic rings. The Labute approximate surface area is 207 Å². The first kappa shape index (κ1) is 25.1. The first-order valence-electron chi connectivity index (χ1n) is 13.7.